The molecule has 0 unspecified atom stereocenters. The predicted molar refractivity (Wildman–Crippen MR) is 76.2 cm³/mol. The predicted octanol–water partition coefficient (Wildman–Crippen LogP) is 3.01. The third-order valence-electron chi connectivity index (χ3n) is 3.78. The Morgan fingerprint density at radius 2 is 1.80 bits per heavy atom. The summed E-state index contributed by atoms with van der Waals surface area (Å²) in [6.07, 6.45) is 4.42. The van der Waals surface area contributed by atoms with Gasteiger partial charge in [0.25, 0.3) is 0 Å². The Balaban J connectivity index is 1.95. The van der Waals surface area contributed by atoms with Gasteiger partial charge >= 0.3 is 0 Å². The van der Waals surface area contributed by atoms with E-state index in [0.29, 0.717) is 0 Å². The maximum atomic E-state index is 12.6. The van der Waals surface area contributed by atoms with Gasteiger partial charge in [0.05, 0.1) is 5.69 Å². The Bertz CT molecular complexity index is 804. The molecule has 4 rings (SSSR count). The van der Waals surface area contributed by atoms with Gasteiger partial charge in [0, 0.05) is 29.9 Å². The van der Waals surface area contributed by atoms with Gasteiger partial charge in [0.2, 0.25) is 0 Å². The molecule has 0 atom stereocenters. The molecule has 3 aromatic rings. The number of hydrogen-bond donors (Lipinski definition) is 0. The highest BCUT2D eigenvalue weighted by atomic mass is 16.1. The van der Waals surface area contributed by atoms with Crippen LogP contribution in [-0.4, -0.2) is 15.6 Å². The summed E-state index contributed by atoms with van der Waals surface area (Å²) < 4.78 is 1.82. The van der Waals surface area contributed by atoms with Crippen LogP contribution in [0.3, 0.4) is 0 Å². The monoisotopic (exact) mass is 260 g/mol. The van der Waals surface area contributed by atoms with E-state index in [1.165, 1.54) is 0 Å². The van der Waals surface area contributed by atoms with Crippen molar-refractivity contribution in [1.29, 1.82) is 0 Å². The average Bonchev–Trinajstić information content (AvgIpc) is 3.01. The van der Waals surface area contributed by atoms with Gasteiger partial charge in [0.15, 0.2) is 5.78 Å². The molecule has 3 heteroatoms. The number of carbonyl (C=O) groups excluding carboxylic acids is 1. The SMILES string of the molecule is O=C1c2ccccc2Cc2c1cccc2-n1cccn1. The number of hydrogen-bond acceptors (Lipinski definition) is 2. The summed E-state index contributed by atoms with van der Waals surface area (Å²) in [5.41, 5.74) is 4.73. The average molecular weight is 260 g/mol. The first-order valence-corrected chi connectivity index (χ1v) is 6.59. The van der Waals surface area contributed by atoms with E-state index in [1.54, 1.807) is 6.20 Å². The number of rotatable bonds is 1. The minimum absolute atomic E-state index is 0.107. The summed E-state index contributed by atoms with van der Waals surface area (Å²) >= 11 is 0. The highest BCUT2D eigenvalue weighted by Gasteiger charge is 2.25. The fraction of sp³-hybridized carbons (Fsp3) is 0.0588. The molecule has 0 fully saturated rings. The molecular weight excluding hydrogens is 248 g/mol. The van der Waals surface area contributed by atoms with Gasteiger partial charge in [-0.05, 0) is 23.3 Å². The standard InChI is InChI=1S/C17H12N2O/c20-17-13-6-2-1-5-12(13)11-15-14(17)7-3-8-16(15)19-10-4-9-18-19/h1-10H,11H2. The Kier molecular flexibility index (Phi) is 2.33. The quantitative estimate of drug-likeness (QED) is 0.527. The molecule has 1 aliphatic rings. The molecule has 0 aliphatic heterocycles. The number of benzene rings is 2. The van der Waals surface area contributed by atoms with Gasteiger partial charge < -0.3 is 0 Å². The van der Waals surface area contributed by atoms with Gasteiger partial charge in [-0.2, -0.15) is 5.10 Å². The van der Waals surface area contributed by atoms with Gasteiger partial charge in [-0.15, -0.1) is 0 Å². The lowest BCUT2D eigenvalue weighted by molar-refractivity contribution is 0.103. The first kappa shape index (κ1) is 11.2. The first-order valence-electron chi connectivity index (χ1n) is 6.59. The van der Waals surface area contributed by atoms with Crippen molar-refractivity contribution >= 4 is 5.78 Å². The van der Waals surface area contributed by atoms with Crippen LogP contribution in [0.4, 0.5) is 0 Å². The molecule has 0 amide bonds. The topological polar surface area (TPSA) is 34.9 Å². The molecule has 3 nitrogen and oxygen atoms in total. The molecule has 1 heterocycles. The van der Waals surface area contributed by atoms with Gasteiger partial charge in [0.1, 0.15) is 0 Å². The smallest absolute Gasteiger partial charge is 0.193 e. The number of aromatic nitrogens is 2. The summed E-state index contributed by atoms with van der Waals surface area (Å²) in [6.45, 7) is 0. The van der Waals surface area contributed by atoms with Crippen LogP contribution in [0.15, 0.2) is 60.9 Å². The van der Waals surface area contributed by atoms with Crippen molar-refractivity contribution < 1.29 is 4.79 Å². The van der Waals surface area contributed by atoms with Crippen molar-refractivity contribution in [3.05, 3.63) is 83.2 Å². The van der Waals surface area contributed by atoms with E-state index in [4.69, 9.17) is 0 Å². The van der Waals surface area contributed by atoms with Crippen LogP contribution in [0, 0.1) is 0 Å². The number of fused-ring (bicyclic) bond motifs is 2. The van der Waals surface area contributed by atoms with Crippen LogP contribution in [0.1, 0.15) is 27.0 Å². The first-order chi connectivity index (χ1) is 9.84. The van der Waals surface area contributed by atoms with Crippen molar-refractivity contribution in [2.45, 2.75) is 6.42 Å². The molecule has 0 radical (unpaired) electrons. The van der Waals surface area contributed by atoms with Crippen molar-refractivity contribution in [2.24, 2.45) is 0 Å². The van der Waals surface area contributed by atoms with Crippen LogP contribution in [0.5, 0.6) is 0 Å². The maximum Gasteiger partial charge on any atom is 0.193 e. The van der Waals surface area contributed by atoms with E-state index in [2.05, 4.69) is 5.10 Å². The normalized spacial score (nSPS) is 12.9. The Labute approximate surface area is 116 Å². The third kappa shape index (κ3) is 1.53. The molecule has 20 heavy (non-hydrogen) atoms. The molecule has 0 bridgehead atoms. The van der Waals surface area contributed by atoms with E-state index in [0.717, 1.165) is 34.4 Å². The lowest BCUT2D eigenvalue weighted by atomic mass is 9.84. The maximum absolute atomic E-state index is 12.6. The number of carbonyl (C=O) groups is 1. The van der Waals surface area contributed by atoms with Gasteiger partial charge in [-0.25, -0.2) is 4.68 Å². The second-order valence-electron chi connectivity index (χ2n) is 4.92. The van der Waals surface area contributed by atoms with E-state index < -0.39 is 0 Å². The summed E-state index contributed by atoms with van der Waals surface area (Å²) in [5.74, 6) is 0.107. The lowest BCUT2D eigenvalue weighted by Gasteiger charge is -2.21. The zero-order valence-electron chi connectivity index (χ0n) is 10.8. The van der Waals surface area contributed by atoms with Crippen molar-refractivity contribution in [2.75, 3.05) is 0 Å². The third-order valence-corrected chi connectivity index (χ3v) is 3.78. The largest absolute Gasteiger partial charge is 0.289 e. The zero-order chi connectivity index (χ0) is 13.5. The van der Waals surface area contributed by atoms with Crippen LogP contribution < -0.4 is 0 Å². The minimum Gasteiger partial charge on any atom is -0.289 e. The van der Waals surface area contributed by atoms with Crippen molar-refractivity contribution in [1.82, 2.24) is 9.78 Å². The lowest BCUT2D eigenvalue weighted by Crippen LogP contribution is -2.17. The Morgan fingerprint density at radius 3 is 2.65 bits per heavy atom. The molecule has 0 spiro atoms. The molecular formula is C17H12N2O. The highest BCUT2D eigenvalue weighted by molar-refractivity contribution is 6.12. The number of nitrogens with zero attached hydrogens (tertiary/aromatic N) is 2. The van der Waals surface area contributed by atoms with Crippen LogP contribution >= 0.6 is 0 Å². The molecule has 2 aromatic carbocycles. The fourth-order valence-corrected chi connectivity index (χ4v) is 2.83. The van der Waals surface area contributed by atoms with Crippen molar-refractivity contribution in [3.63, 3.8) is 0 Å². The molecule has 0 saturated heterocycles. The molecule has 96 valence electrons. The minimum atomic E-state index is 0.107. The van der Waals surface area contributed by atoms with Crippen LogP contribution in [0.2, 0.25) is 0 Å². The molecule has 0 N–H and O–H groups in total. The Hall–Kier alpha value is -2.68. The van der Waals surface area contributed by atoms with Gasteiger partial charge in [-0.3, -0.25) is 4.79 Å². The highest BCUT2D eigenvalue weighted by Crippen LogP contribution is 2.30. The van der Waals surface area contributed by atoms with E-state index in [1.807, 2.05) is 59.4 Å². The summed E-state index contributed by atoms with van der Waals surface area (Å²) in [6, 6.07) is 15.5. The molecule has 1 aromatic heterocycles. The van der Waals surface area contributed by atoms with E-state index in [-0.39, 0.29) is 5.78 Å². The zero-order valence-corrected chi connectivity index (χ0v) is 10.8. The summed E-state index contributed by atoms with van der Waals surface area (Å²) in [5, 5.41) is 4.28. The summed E-state index contributed by atoms with van der Waals surface area (Å²) in [4.78, 5) is 12.6. The van der Waals surface area contributed by atoms with Crippen LogP contribution in [-0.2, 0) is 6.42 Å². The fourth-order valence-electron chi connectivity index (χ4n) is 2.83. The summed E-state index contributed by atoms with van der Waals surface area (Å²) in [7, 11) is 0. The van der Waals surface area contributed by atoms with E-state index in [9.17, 15) is 4.79 Å². The van der Waals surface area contributed by atoms with E-state index >= 15 is 0 Å². The second-order valence-corrected chi connectivity index (χ2v) is 4.92. The Morgan fingerprint density at radius 1 is 0.950 bits per heavy atom. The molecule has 0 saturated carbocycles. The second kappa shape index (κ2) is 4.17. The van der Waals surface area contributed by atoms with Crippen molar-refractivity contribution in [3.8, 4) is 5.69 Å². The number of ketones is 1. The van der Waals surface area contributed by atoms with Crippen LogP contribution in [0.25, 0.3) is 5.69 Å². The van der Waals surface area contributed by atoms with Gasteiger partial charge in [-0.1, -0.05) is 36.4 Å². The molecule has 1 aliphatic carbocycles.